The van der Waals surface area contributed by atoms with Crippen LogP contribution in [0.1, 0.15) is 59.8 Å². The van der Waals surface area contributed by atoms with Crippen LogP contribution in [0.25, 0.3) is 0 Å². The summed E-state index contributed by atoms with van der Waals surface area (Å²) < 4.78 is 0. The summed E-state index contributed by atoms with van der Waals surface area (Å²) >= 11 is 0. The van der Waals surface area contributed by atoms with E-state index in [1.165, 1.54) is 31.3 Å². The van der Waals surface area contributed by atoms with Gasteiger partial charge in [-0.15, -0.1) is 0 Å². The van der Waals surface area contributed by atoms with Crippen molar-refractivity contribution in [3.8, 4) is 0 Å². The topological polar surface area (TPSA) is 37.3 Å². The second-order valence-electron chi connectivity index (χ2n) is 7.76. The number of carboxylic acids is 1. The predicted molar refractivity (Wildman–Crippen MR) is 87.0 cm³/mol. The molecule has 2 saturated carbocycles. The summed E-state index contributed by atoms with van der Waals surface area (Å²) in [5.41, 5.74) is 1.73. The van der Waals surface area contributed by atoms with E-state index in [0.717, 1.165) is 6.42 Å². The van der Waals surface area contributed by atoms with Gasteiger partial charge in [-0.05, 0) is 61.7 Å². The highest BCUT2D eigenvalue weighted by molar-refractivity contribution is 5.71. The fourth-order valence-corrected chi connectivity index (χ4v) is 4.60. The summed E-state index contributed by atoms with van der Waals surface area (Å²) in [5, 5.41) is 9.12. The van der Waals surface area contributed by atoms with Crippen LogP contribution in [0.15, 0.2) is 24.3 Å². The monoisotopic (exact) mass is 290 g/mol. The van der Waals surface area contributed by atoms with Crippen molar-refractivity contribution < 1.29 is 9.90 Å². The minimum absolute atomic E-state index is 0.0834. The van der Waals surface area contributed by atoms with Crippen LogP contribution in [0, 0.1) is 28.6 Å². The molecule has 21 heavy (non-hydrogen) atoms. The quantitative estimate of drug-likeness (QED) is 0.737. The van der Waals surface area contributed by atoms with Crippen LogP contribution in [-0.2, 0) is 4.79 Å². The second kappa shape index (κ2) is 5.62. The van der Waals surface area contributed by atoms with Crippen molar-refractivity contribution in [2.45, 2.75) is 59.8 Å². The molecule has 0 radical (unpaired) electrons. The number of carbonyl (C=O) groups is 1. The van der Waals surface area contributed by atoms with Gasteiger partial charge in [0.05, 0.1) is 5.92 Å². The molecule has 2 fully saturated rings. The fourth-order valence-electron chi connectivity index (χ4n) is 4.60. The van der Waals surface area contributed by atoms with Gasteiger partial charge in [0.15, 0.2) is 0 Å². The molecule has 0 saturated heterocycles. The standard InChI is InChI=1S/C19H30O2/c1-13(17(20)21)9-11-18(4)15(3)10-12-19(5)14(2)7-6-8-16(18)19/h9,11,13,15-16H,2,6-8,10,12H2,1,3-5H3,(H,20,21). The zero-order valence-electron chi connectivity index (χ0n) is 14.0. The lowest BCUT2D eigenvalue weighted by Crippen LogP contribution is -2.49. The van der Waals surface area contributed by atoms with Gasteiger partial charge in [-0.25, -0.2) is 0 Å². The van der Waals surface area contributed by atoms with Crippen LogP contribution in [0.2, 0.25) is 0 Å². The molecule has 0 bridgehead atoms. The Morgan fingerprint density at radius 1 is 1.43 bits per heavy atom. The molecule has 0 aromatic rings. The van der Waals surface area contributed by atoms with E-state index in [-0.39, 0.29) is 10.8 Å². The van der Waals surface area contributed by atoms with Crippen molar-refractivity contribution in [3.05, 3.63) is 24.3 Å². The van der Waals surface area contributed by atoms with E-state index in [1.54, 1.807) is 6.92 Å². The molecule has 2 aliphatic carbocycles. The Hall–Kier alpha value is -1.05. The highest BCUT2D eigenvalue weighted by Crippen LogP contribution is 2.61. The van der Waals surface area contributed by atoms with Gasteiger partial charge in [-0.2, -0.15) is 0 Å². The minimum Gasteiger partial charge on any atom is -0.481 e. The molecule has 0 amide bonds. The SMILES string of the molecule is C=C1CCCC2C1(C)CCC(C)C2(C)C=CC(C)C(=O)O. The zero-order chi connectivity index (χ0) is 15.8. The highest BCUT2D eigenvalue weighted by Gasteiger charge is 2.52. The van der Waals surface area contributed by atoms with Gasteiger partial charge in [0.1, 0.15) is 0 Å². The molecule has 0 aromatic heterocycles. The molecule has 2 heteroatoms. The van der Waals surface area contributed by atoms with E-state index in [4.69, 9.17) is 5.11 Å². The van der Waals surface area contributed by atoms with E-state index in [0.29, 0.717) is 11.8 Å². The Morgan fingerprint density at radius 3 is 2.71 bits per heavy atom. The summed E-state index contributed by atoms with van der Waals surface area (Å²) in [7, 11) is 0. The number of rotatable bonds is 3. The van der Waals surface area contributed by atoms with Crippen LogP contribution in [0.5, 0.6) is 0 Å². The van der Waals surface area contributed by atoms with Gasteiger partial charge in [0, 0.05) is 0 Å². The normalized spacial score (nSPS) is 41.8. The largest absolute Gasteiger partial charge is 0.481 e. The third kappa shape index (κ3) is 2.69. The average molecular weight is 290 g/mol. The molecule has 0 spiro atoms. The van der Waals surface area contributed by atoms with Gasteiger partial charge >= 0.3 is 5.97 Å². The maximum absolute atomic E-state index is 11.1. The van der Waals surface area contributed by atoms with E-state index in [9.17, 15) is 4.79 Å². The molecular formula is C19H30O2. The first-order valence-corrected chi connectivity index (χ1v) is 8.32. The number of aliphatic carboxylic acids is 1. The number of allylic oxidation sites excluding steroid dienone is 2. The van der Waals surface area contributed by atoms with Crippen molar-refractivity contribution in [2.24, 2.45) is 28.6 Å². The molecule has 1 N–H and O–H groups in total. The Labute approximate surface area is 129 Å². The van der Waals surface area contributed by atoms with Crippen molar-refractivity contribution in [1.82, 2.24) is 0 Å². The lowest BCUT2D eigenvalue weighted by molar-refractivity contribution is -0.139. The lowest BCUT2D eigenvalue weighted by atomic mass is 9.47. The van der Waals surface area contributed by atoms with Crippen LogP contribution in [0.3, 0.4) is 0 Å². The first-order valence-electron chi connectivity index (χ1n) is 8.32. The molecule has 2 nitrogen and oxygen atoms in total. The summed E-state index contributed by atoms with van der Waals surface area (Å²) in [6.45, 7) is 13.2. The van der Waals surface area contributed by atoms with Crippen molar-refractivity contribution in [1.29, 1.82) is 0 Å². The summed E-state index contributed by atoms with van der Waals surface area (Å²) in [5.74, 6) is 0.0362. The molecule has 0 aliphatic heterocycles. The van der Waals surface area contributed by atoms with Crippen LogP contribution >= 0.6 is 0 Å². The smallest absolute Gasteiger partial charge is 0.310 e. The van der Waals surface area contributed by atoms with E-state index in [1.807, 2.05) is 6.08 Å². The van der Waals surface area contributed by atoms with Crippen LogP contribution in [-0.4, -0.2) is 11.1 Å². The third-order valence-corrected chi connectivity index (χ3v) is 6.59. The number of fused-ring (bicyclic) bond motifs is 1. The molecule has 5 unspecified atom stereocenters. The van der Waals surface area contributed by atoms with Gasteiger partial charge in [0.2, 0.25) is 0 Å². The Kier molecular flexibility index (Phi) is 4.37. The lowest BCUT2D eigenvalue weighted by Gasteiger charge is -2.57. The van der Waals surface area contributed by atoms with Crippen LogP contribution in [0.4, 0.5) is 0 Å². The molecule has 2 aliphatic rings. The Morgan fingerprint density at radius 2 is 2.10 bits per heavy atom. The Balaban J connectivity index is 2.34. The number of hydrogen-bond donors (Lipinski definition) is 1. The van der Waals surface area contributed by atoms with Crippen molar-refractivity contribution >= 4 is 5.97 Å². The maximum Gasteiger partial charge on any atom is 0.310 e. The van der Waals surface area contributed by atoms with E-state index >= 15 is 0 Å². The van der Waals surface area contributed by atoms with E-state index in [2.05, 4.69) is 33.4 Å². The average Bonchev–Trinajstić information content (AvgIpc) is 2.43. The molecule has 0 heterocycles. The van der Waals surface area contributed by atoms with Gasteiger partial charge in [-0.3, -0.25) is 4.79 Å². The zero-order valence-corrected chi connectivity index (χ0v) is 14.0. The number of hydrogen-bond acceptors (Lipinski definition) is 1. The molecule has 2 rings (SSSR count). The van der Waals surface area contributed by atoms with Gasteiger partial charge in [0.25, 0.3) is 0 Å². The van der Waals surface area contributed by atoms with Crippen molar-refractivity contribution in [3.63, 3.8) is 0 Å². The summed E-state index contributed by atoms with van der Waals surface area (Å²) in [4.78, 5) is 11.1. The molecule has 5 atom stereocenters. The summed E-state index contributed by atoms with van der Waals surface area (Å²) in [6, 6.07) is 0. The van der Waals surface area contributed by atoms with E-state index < -0.39 is 11.9 Å². The predicted octanol–water partition coefficient (Wildman–Crippen LogP) is 5.06. The molecular weight excluding hydrogens is 260 g/mol. The first kappa shape index (κ1) is 16.3. The third-order valence-electron chi connectivity index (χ3n) is 6.59. The maximum atomic E-state index is 11.1. The molecule has 118 valence electrons. The summed E-state index contributed by atoms with van der Waals surface area (Å²) in [6.07, 6.45) is 10.2. The molecule has 0 aromatic carbocycles. The van der Waals surface area contributed by atoms with Crippen LogP contribution < -0.4 is 0 Å². The fraction of sp³-hybridized carbons (Fsp3) is 0.737. The van der Waals surface area contributed by atoms with Gasteiger partial charge in [-0.1, -0.05) is 45.1 Å². The second-order valence-corrected chi connectivity index (χ2v) is 7.76. The highest BCUT2D eigenvalue weighted by atomic mass is 16.4. The van der Waals surface area contributed by atoms with Crippen molar-refractivity contribution in [2.75, 3.05) is 0 Å². The number of carboxylic acid groups (broad SMARTS) is 1. The van der Waals surface area contributed by atoms with Gasteiger partial charge < -0.3 is 5.11 Å². The first-order chi connectivity index (χ1) is 9.71. The minimum atomic E-state index is -0.742. The Bertz CT molecular complexity index is 464.